The molecule has 7 N–H and O–H groups in total. The SMILES string of the molecule is COc1cc([C@@H](O)[C@@H](CO)Oc2c(OC)cc([C@@H](O)[C@@H](CO)Oc3c(OC)cc(CC(O)CO)cc3OC)cc2OC)ccc1O. The Morgan fingerprint density at radius 1 is 0.543 bits per heavy atom. The molecule has 46 heavy (non-hydrogen) atoms. The van der Waals surface area contributed by atoms with Crippen molar-refractivity contribution in [3.63, 3.8) is 0 Å². The number of phenols is 1. The van der Waals surface area contributed by atoms with Crippen LogP contribution in [0.4, 0.5) is 0 Å². The number of ether oxygens (including phenoxy) is 7. The second-order valence-electron chi connectivity index (χ2n) is 10.1. The molecule has 0 spiro atoms. The molecule has 254 valence electrons. The van der Waals surface area contributed by atoms with Crippen molar-refractivity contribution >= 4 is 0 Å². The summed E-state index contributed by atoms with van der Waals surface area (Å²) in [4.78, 5) is 0. The summed E-state index contributed by atoms with van der Waals surface area (Å²) < 4.78 is 39.0. The number of benzene rings is 3. The molecule has 0 saturated heterocycles. The van der Waals surface area contributed by atoms with E-state index in [2.05, 4.69) is 0 Å². The molecule has 3 aromatic rings. The Kier molecular flexibility index (Phi) is 13.4. The molecule has 0 aliphatic heterocycles. The van der Waals surface area contributed by atoms with Gasteiger partial charge in [-0.1, -0.05) is 6.07 Å². The molecule has 0 aliphatic carbocycles. The summed E-state index contributed by atoms with van der Waals surface area (Å²) in [6.07, 6.45) is -6.19. The average Bonchev–Trinajstić information content (AvgIpc) is 3.08. The first-order chi connectivity index (χ1) is 22.1. The van der Waals surface area contributed by atoms with Crippen molar-refractivity contribution in [2.24, 2.45) is 0 Å². The third-order valence-electron chi connectivity index (χ3n) is 7.17. The third-order valence-corrected chi connectivity index (χ3v) is 7.17. The van der Waals surface area contributed by atoms with Gasteiger partial charge in [0.15, 0.2) is 46.7 Å². The van der Waals surface area contributed by atoms with Gasteiger partial charge in [0.25, 0.3) is 0 Å². The Labute approximate surface area is 266 Å². The topological polar surface area (TPSA) is 206 Å². The van der Waals surface area contributed by atoms with E-state index in [1.807, 2.05) is 0 Å². The van der Waals surface area contributed by atoms with Crippen LogP contribution >= 0.6 is 0 Å². The van der Waals surface area contributed by atoms with Gasteiger partial charge in [0.1, 0.15) is 12.2 Å². The van der Waals surface area contributed by atoms with Gasteiger partial charge in [-0.25, -0.2) is 0 Å². The highest BCUT2D eigenvalue weighted by Crippen LogP contribution is 2.44. The van der Waals surface area contributed by atoms with Crippen LogP contribution in [0, 0.1) is 0 Å². The Bertz CT molecular complexity index is 1360. The zero-order valence-corrected chi connectivity index (χ0v) is 26.2. The van der Waals surface area contributed by atoms with Crippen molar-refractivity contribution < 1.29 is 68.9 Å². The summed E-state index contributed by atoms with van der Waals surface area (Å²) in [6, 6.07) is 10.2. The van der Waals surface area contributed by atoms with Crippen LogP contribution in [0.1, 0.15) is 28.9 Å². The van der Waals surface area contributed by atoms with Gasteiger partial charge >= 0.3 is 0 Å². The summed E-state index contributed by atoms with van der Waals surface area (Å²) >= 11 is 0. The number of aromatic hydroxyl groups is 1. The Hall–Kier alpha value is -4.18. The van der Waals surface area contributed by atoms with E-state index in [1.165, 1.54) is 65.9 Å². The fraction of sp³-hybridized carbons (Fsp3) is 0.438. The lowest BCUT2D eigenvalue weighted by Crippen LogP contribution is -2.30. The maximum absolute atomic E-state index is 11.4. The quantitative estimate of drug-likeness (QED) is 0.104. The molecule has 3 aromatic carbocycles. The number of hydrogen-bond acceptors (Lipinski definition) is 14. The van der Waals surface area contributed by atoms with E-state index in [-0.39, 0.29) is 58.0 Å². The van der Waals surface area contributed by atoms with E-state index in [4.69, 9.17) is 33.2 Å². The van der Waals surface area contributed by atoms with Crippen LogP contribution < -0.4 is 33.2 Å². The Morgan fingerprint density at radius 3 is 1.37 bits per heavy atom. The van der Waals surface area contributed by atoms with Crippen LogP contribution in [-0.4, -0.2) is 109 Å². The summed E-state index contributed by atoms with van der Waals surface area (Å²) in [5, 5.41) is 71.7. The summed E-state index contributed by atoms with van der Waals surface area (Å²) in [7, 11) is 6.83. The van der Waals surface area contributed by atoms with Crippen LogP contribution in [0.25, 0.3) is 0 Å². The predicted octanol–water partition coefficient (Wildman–Crippen LogP) is 1.28. The summed E-state index contributed by atoms with van der Waals surface area (Å²) in [5.41, 5.74) is 1.08. The molecule has 0 amide bonds. The first-order valence-corrected chi connectivity index (χ1v) is 14.2. The molecular formula is C32H42O14. The molecule has 1 unspecified atom stereocenters. The highest BCUT2D eigenvalue weighted by Gasteiger charge is 2.31. The van der Waals surface area contributed by atoms with Crippen molar-refractivity contribution in [1.82, 2.24) is 0 Å². The van der Waals surface area contributed by atoms with Gasteiger partial charge in [-0.15, -0.1) is 0 Å². The van der Waals surface area contributed by atoms with E-state index in [1.54, 1.807) is 12.1 Å². The molecule has 0 aliphatic rings. The van der Waals surface area contributed by atoms with Gasteiger partial charge in [0.05, 0.1) is 61.5 Å². The average molecular weight is 651 g/mol. The van der Waals surface area contributed by atoms with E-state index in [0.717, 1.165) is 0 Å². The summed E-state index contributed by atoms with van der Waals surface area (Å²) in [5.74, 6) is 0.614. The predicted molar refractivity (Wildman–Crippen MR) is 163 cm³/mol. The largest absolute Gasteiger partial charge is 0.504 e. The molecule has 0 fully saturated rings. The molecule has 14 heteroatoms. The smallest absolute Gasteiger partial charge is 0.204 e. The second kappa shape index (κ2) is 16.9. The van der Waals surface area contributed by atoms with Gasteiger partial charge in [-0.2, -0.15) is 0 Å². The third kappa shape index (κ3) is 8.34. The normalized spacial score (nSPS) is 14.4. The molecule has 0 bridgehead atoms. The van der Waals surface area contributed by atoms with Gasteiger partial charge in [0, 0.05) is 6.42 Å². The van der Waals surface area contributed by atoms with Crippen LogP contribution in [0.5, 0.6) is 46.0 Å². The molecular weight excluding hydrogens is 608 g/mol. The monoisotopic (exact) mass is 650 g/mol. The number of aliphatic hydroxyl groups excluding tert-OH is 6. The minimum absolute atomic E-state index is 0.00949. The minimum atomic E-state index is -1.46. The number of methoxy groups -OCH3 is 5. The Balaban J connectivity index is 1.94. The number of phenolic OH excluding ortho intramolecular Hbond substituents is 1. The van der Waals surface area contributed by atoms with E-state index < -0.39 is 50.3 Å². The van der Waals surface area contributed by atoms with Crippen molar-refractivity contribution in [1.29, 1.82) is 0 Å². The van der Waals surface area contributed by atoms with Crippen LogP contribution in [0.3, 0.4) is 0 Å². The zero-order valence-electron chi connectivity index (χ0n) is 26.2. The standard InChI is InChI=1S/C32H42O14/c1-40-22-11-18(6-7-21(22)37)29(38)27(15-34)45-32-25(43-4)12-19(13-26(32)44-5)30(39)28(16-35)46-31-23(41-2)9-17(8-20(36)14-33)10-24(31)42-3/h6-7,9-13,20,27-30,33-39H,8,14-16H2,1-5H3/t20?,27-,28-,29-,30-/m1/s1. The lowest BCUT2D eigenvalue weighted by atomic mass is 10.0. The molecule has 3 rings (SSSR count). The van der Waals surface area contributed by atoms with E-state index in [9.17, 15) is 35.7 Å². The van der Waals surface area contributed by atoms with Crippen LogP contribution in [-0.2, 0) is 6.42 Å². The van der Waals surface area contributed by atoms with Crippen molar-refractivity contribution in [3.8, 4) is 46.0 Å². The fourth-order valence-corrected chi connectivity index (χ4v) is 4.71. The van der Waals surface area contributed by atoms with Gasteiger partial charge in [-0.3, -0.25) is 0 Å². The molecule has 0 heterocycles. The highest BCUT2D eigenvalue weighted by atomic mass is 16.6. The Morgan fingerprint density at radius 2 is 0.957 bits per heavy atom. The number of rotatable bonds is 18. The fourth-order valence-electron chi connectivity index (χ4n) is 4.71. The summed E-state index contributed by atoms with van der Waals surface area (Å²) in [6.45, 7) is -1.70. The van der Waals surface area contributed by atoms with Gasteiger partial charge in [-0.05, 0) is 53.1 Å². The molecule has 0 radical (unpaired) electrons. The molecule has 5 atom stereocenters. The van der Waals surface area contributed by atoms with Crippen molar-refractivity contribution in [2.45, 2.75) is 36.9 Å². The van der Waals surface area contributed by atoms with E-state index in [0.29, 0.717) is 11.1 Å². The number of aliphatic hydroxyl groups is 6. The van der Waals surface area contributed by atoms with Gasteiger partial charge < -0.3 is 68.9 Å². The first-order valence-electron chi connectivity index (χ1n) is 14.2. The molecule has 0 aromatic heterocycles. The lowest BCUT2D eigenvalue weighted by molar-refractivity contribution is -0.00427. The molecule has 14 nitrogen and oxygen atoms in total. The van der Waals surface area contributed by atoms with Crippen LogP contribution in [0.2, 0.25) is 0 Å². The maximum Gasteiger partial charge on any atom is 0.204 e. The minimum Gasteiger partial charge on any atom is -0.504 e. The maximum atomic E-state index is 11.4. The van der Waals surface area contributed by atoms with Crippen LogP contribution in [0.15, 0.2) is 42.5 Å². The van der Waals surface area contributed by atoms with Crippen molar-refractivity contribution in [2.75, 3.05) is 55.4 Å². The zero-order chi connectivity index (χ0) is 34.0. The molecule has 0 saturated carbocycles. The second-order valence-corrected chi connectivity index (χ2v) is 10.1. The van der Waals surface area contributed by atoms with Crippen molar-refractivity contribution in [3.05, 3.63) is 59.2 Å². The lowest BCUT2D eigenvalue weighted by Gasteiger charge is -2.27. The first kappa shape index (κ1) is 36.3. The van der Waals surface area contributed by atoms with Gasteiger partial charge in [0.2, 0.25) is 11.5 Å². The van der Waals surface area contributed by atoms with E-state index >= 15 is 0 Å². The highest BCUT2D eigenvalue weighted by molar-refractivity contribution is 5.56. The number of hydrogen-bond donors (Lipinski definition) is 7.